The summed E-state index contributed by atoms with van der Waals surface area (Å²) in [5.41, 5.74) is 0. The highest BCUT2D eigenvalue weighted by molar-refractivity contribution is 5.81. The molecule has 0 saturated heterocycles. The lowest BCUT2D eigenvalue weighted by atomic mass is 10.3. The van der Waals surface area contributed by atoms with Crippen molar-refractivity contribution in [2.75, 3.05) is 317 Å². The van der Waals surface area contributed by atoms with Crippen molar-refractivity contribution in [3.63, 3.8) is 0 Å². The van der Waals surface area contributed by atoms with Crippen LogP contribution in [-0.2, 0) is 123 Å². The Morgan fingerprint density at radius 3 is 0.475 bits per heavy atom. The zero-order chi connectivity index (χ0) is 57.3. The first kappa shape index (κ1) is 78.2. The fourth-order valence-electron chi connectivity index (χ4n) is 5.57. The largest absolute Gasteiger partial charge is 0.463 e. The van der Waals surface area contributed by atoms with Crippen LogP contribution in [0, 0.1) is 0 Å². The second kappa shape index (κ2) is 75.2. The monoisotopic (exact) mass is 1170 g/mol. The van der Waals surface area contributed by atoms with Crippen LogP contribution in [0.5, 0.6) is 0 Å². The molecule has 0 bridgehead atoms. The Kier molecular flexibility index (Phi) is 73.5. The molecule has 0 unspecified atom stereocenters. The van der Waals surface area contributed by atoms with Crippen molar-refractivity contribution < 1.29 is 129 Å². The molecule has 0 aliphatic heterocycles. The van der Waals surface area contributed by atoms with Gasteiger partial charge in [-0.15, -0.1) is 0 Å². The maximum Gasteiger partial charge on any atom is 0.330 e. The quantitative estimate of drug-likeness (QED) is 0.0296. The molecule has 0 amide bonds. The van der Waals surface area contributed by atoms with Crippen molar-refractivity contribution in [1.82, 2.24) is 0 Å². The molecule has 0 fully saturated rings. The molecule has 0 atom stereocenters. The summed E-state index contributed by atoms with van der Waals surface area (Å²) in [5.74, 6) is -0.403. The van der Waals surface area contributed by atoms with E-state index in [0.29, 0.717) is 311 Å². The lowest BCUT2D eigenvalue weighted by molar-refractivity contribution is -0.249. The van der Waals surface area contributed by atoms with Gasteiger partial charge in [-0.2, -0.15) is 0 Å². The molecule has 0 radical (unpaired) electrons. The average Bonchev–Trinajstić information content (AvgIpc) is 3.47. The van der Waals surface area contributed by atoms with Crippen LogP contribution in [0.3, 0.4) is 0 Å². The van der Waals surface area contributed by atoms with Crippen LogP contribution in [0.2, 0.25) is 0 Å². The molecule has 0 heterocycles. The summed E-state index contributed by atoms with van der Waals surface area (Å²) in [6.07, 6.45) is 2.72. The van der Waals surface area contributed by atoms with Gasteiger partial charge in [0, 0.05) is 12.7 Å². The fourth-order valence-corrected chi connectivity index (χ4v) is 5.57. The van der Waals surface area contributed by atoms with Gasteiger partial charge in [-0.05, 0) is 12.8 Å². The van der Waals surface area contributed by atoms with Gasteiger partial charge in [-0.25, -0.2) is 9.68 Å². The predicted octanol–water partition coefficient (Wildman–Crippen LogP) is 1.37. The SMILES string of the molecule is C=CC(=O)OCCCCOCCOCCOCCOCCOCCOCCOCCOCCOCCOCCOCCOCCOCCOCCOCCOCCOCCOCCOCCOCCOCCOCCOCCOO. The molecule has 27 heteroatoms. The van der Waals surface area contributed by atoms with Gasteiger partial charge >= 0.3 is 5.97 Å². The number of esters is 1. The van der Waals surface area contributed by atoms with E-state index < -0.39 is 5.97 Å². The van der Waals surface area contributed by atoms with Crippen molar-refractivity contribution in [3.8, 4) is 0 Å². The Hall–Kier alpha value is -1.79. The minimum absolute atomic E-state index is 0.142. The van der Waals surface area contributed by atoms with Gasteiger partial charge in [0.1, 0.15) is 6.61 Å². The Morgan fingerprint density at radius 1 is 0.212 bits per heavy atom. The second-order valence-corrected chi connectivity index (χ2v) is 16.0. The summed E-state index contributed by atoms with van der Waals surface area (Å²) >= 11 is 0. The van der Waals surface area contributed by atoms with Crippen molar-refractivity contribution in [2.45, 2.75) is 12.8 Å². The minimum atomic E-state index is -0.403. The van der Waals surface area contributed by atoms with Crippen LogP contribution in [0.25, 0.3) is 0 Å². The molecule has 478 valence electrons. The molecular weight excluding hydrogens is 1070 g/mol. The molecule has 0 aliphatic rings. The van der Waals surface area contributed by atoms with Gasteiger partial charge in [0.25, 0.3) is 0 Å². The van der Waals surface area contributed by atoms with Crippen LogP contribution in [-0.4, -0.2) is 328 Å². The van der Waals surface area contributed by atoms with Gasteiger partial charge in [-0.3, -0.25) is 5.26 Å². The summed E-state index contributed by atoms with van der Waals surface area (Å²) in [5, 5.41) is 8.17. The van der Waals surface area contributed by atoms with Crippen molar-refractivity contribution in [1.29, 1.82) is 0 Å². The summed E-state index contributed by atoms with van der Waals surface area (Å²) in [6, 6.07) is 0. The Bertz CT molecular complexity index is 1140. The molecule has 0 saturated carbocycles. The Balaban J connectivity index is 3.08. The number of carbonyl (C=O) groups excluding carboxylic acids is 1. The Morgan fingerprint density at radius 2 is 0.338 bits per heavy atom. The molecule has 0 aromatic carbocycles. The minimum Gasteiger partial charge on any atom is -0.463 e. The molecule has 80 heavy (non-hydrogen) atoms. The maximum atomic E-state index is 10.9. The first-order chi connectivity index (χ1) is 39.8. The van der Waals surface area contributed by atoms with E-state index in [9.17, 15) is 4.79 Å². The zero-order valence-electron chi connectivity index (χ0n) is 48.2. The number of hydrogen-bond acceptors (Lipinski definition) is 27. The fraction of sp³-hybridized carbons (Fsp3) is 0.943. The van der Waals surface area contributed by atoms with E-state index in [4.69, 9.17) is 119 Å². The molecule has 0 aromatic rings. The van der Waals surface area contributed by atoms with Crippen molar-refractivity contribution in [2.24, 2.45) is 0 Å². The summed E-state index contributed by atoms with van der Waals surface area (Å²) in [4.78, 5) is 14.8. The summed E-state index contributed by atoms with van der Waals surface area (Å²) in [7, 11) is 0. The van der Waals surface area contributed by atoms with E-state index in [0.717, 1.165) is 18.9 Å². The molecule has 1 N–H and O–H groups in total. The predicted molar refractivity (Wildman–Crippen MR) is 288 cm³/mol. The lowest BCUT2D eigenvalue weighted by Gasteiger charge is -2.09. The maximum absolute atomic E-state index is 10.9. The third kappa shape index (κ3) is 74.2. The number of unbranched alkanes of at least 4 members (excludes halogenated alkanes) is 1. The van der Waals surface area contributed by atoms with Gasteiger partial charge in [0.2, 0.25) is 0 Å². The van der Waals surface area contributed by atoms with Crippen LogP contribution in [0.1, 0.15) is 12.8 Å². The second-order valence-electron chi connectivity index (χ2n) is 16.0. The van der Waals surface area contributed by atoms with Crippen LogP contribution in [0.15, 0.2) is 12.7 Å². The van der Waals surface area contributed by atoms with E-state index in [1.165, 1.54) is 0 Å². The number of carbonyl (C=O) groups is 1. The third-order valence-electron chi connectivity index (χ3n) is 9.60. The highest BCUT2D eigenvalue weighted by atomic mass is 17.1. The summed E-state index contributed by atoms with van der Waals surface area (Å²) < 4.78 is 131. The van der Waals surface area contributed by atoms with Gasteiger partial charge in [0.15, 0.2) is 0 Å². The topological polar surface area (TPSA) is 268 Å². The first-order valence-corrected chi connectivity index (χ1v) is 28.1. The van der Waals surface area contributed by atoms with E-state index >= 15 is 0 Å². The average molecular weight is 1170 g/mol. The molecule has 0 rings (SSSR count). The van der Waals surface area contributed by atoms with E-state index in [2.05, 4.69) is 11.5 Å². The molecular formula is C53H104O27. The zero-order valence-corrected chi connectivity index (χ0v) is 48.2. The number of rotatable bonds is 75. The lowest BCUT2D eigenvalue weighted by Crippen LogP contribution is -2.16. The molecule has 27 nitrogen and oxygen atoms in total. The van der Waals surface area contributed by atoms with Gasteiger partial charge in [-0.1, -0.05) is 6.58 Å². The van der Waals surface area contributed by atoms with E-state index in [-0.39, 0.29) is 6.61 Å². The van der Waals surface area contributed by atoms with Crippen molar-refractivity contribution >= 4 is 5.97 Å². The number of ether oxygens (including phenoxy) is 24. The van der Waals surface area contributed by atoms with Crippen LogP contribution >= 0.6 is 0 Å². The van der Waals surface area contributed by atoms with E-state index in [1.54, 1.807) is 0 Å². The highest BCUT2D eigenvalue weighted by Gasteiger charge is 2.01. The normalized spacial score (nSPS) is 11.6. The van der Waals surface area contributed by atoms with Gasteiger partial charge in [0.05, 0.1) is 304 Å². The Labute approximate surface area is 476 Å². The summed E-state index contributed by atoms with van der Waals surface area (Å²) in [6.45, 7) is 26.0. The number of hydrogen-bond donors (Lipinski definition) is 1. The molecule has 0 aliphatic carbocycles. The highest BCUT2D eigenvalue weighted by Crippen LogP contribution is 1.94. The smallest absolute Gasteiger partial charge is 0.330 e. The van der Waals surface area contributed by atoms with Crippen LogP contribution in [0.4, 0.5) is 0 Å². The standard InChI is InChI=1S/C53H104O27/c1-2-53(54)79-6-4-3-5-56-7-8-57-9-10-58-11-12-59-13-14-60-15-16-61-17-18-62-19-20-63-21-22-64-23-24-65-25-26-66-27-28-67-29-30-68-31-32-69-33-34-70-35-36-71-37-38-72-39-40-73-41-42-74-43-44-75-45-46-76-47-48-77-49-50-78-51-52-80-55/h2,55H,1,3-52H2. The van der Waals surface area contributed by atoms with Crippen molar-refractivity contribution in [3.05, 3.63) is 12.7 Å². The molecule has 0 spiro atoms. The van der Waals surface area contributed by atoms with Gasteiger partial charge < -0.3 is 114 Å². The van der Waals surface area contributed by atoms with E-state index in [1.807, 2.05) is 0 Å². The third-order valence-corrected chi connectivity index (χ3v) is 9.60. The van der Waals surface area contributed by atoms with Crippen LogP contribution < -0.4 is 0 Å². The molecule has 0 aromatic heterocycles. The first-order valence-electron chi connectivity index (χ1n) is 28.1.